The summed E-state index contributed by atoms with van der Waals surface area (Å²) in [6, 6.07) is 3.88. The Hall–Kier alpha value is -1.75. The van der Waals surface area contributed by atoms with Gasteiger partial charge in [-0.15, -0.1) is 0 Å². The summed E-state index contributed by atoms with van der Waals surface area (Å²) in [4.78, 5) is 27.2. The van der Waals surface area contributed by atoms with Gasteiger partial charge in [-0.2, -0.15) is 0 Å². The van der Waals surface area contributed by atoms with Gasteiger partial charge in [0.1, 0.15) is 11.4 Å². The van der Waals surface area contributed by atoms with E-state index < -0.39 is 5.60 Å². The van der Waals surface area contributed by atoms with Crippen LogP contribution in [0.1, 0.15) is 67.3 Å². The molecule has 4 rings (SSSR count). The van der Waals surface area contributed by atoms with Crippen molar-refractivity contribution in [2.75, 3.05) is 13.1 Å². The Bertz CT molecular complexity index is 750. The Kier molecular flexibility index (Phi) is 5.06. The molecule has 0 aromatic heterocycles. The molecule has 1 aliphatic carbocycles. The molecule has 2 fully saturated rings. The second-order valence-corrected chi connectivity index (χ2v) is 8.69. The van der Waals surface area contributed by atoms with Gasteiger partial charge in [-0.05, 0) is 37.5 Å². The molecular weight excluding hydrogens is 364 g/mol. The summed E-state index contributed by atoms with van der Waals surface area (Å²) in [7, 11) is 0. The maximum atomic E-state index is 12.7. The average Bonchev–Trinajstić information content (AvgIpc) is 2.64. The van der Waals surface area contributed by atoms with Gasteiger partial charge in [-0.3, -0.25) is 4.79 Å². The number of carbonyl (C=O) groups excluding carboxylic acids is 2. The first-order valence-electron chi connectivity index (χ1n) is 10.0. The number of Topliss-reactive ketones (excluding diaryl/α,β-unsaturated/α-hetero) is 1. The lowest BCUT2D eigenvalue weighted by molar-refractivity contribution is -0.00146. The van der Waals surface area contributed by atoms with Crippen LogP contribution in [0.15, 0.2) is 12.1 Å². The van der Waals surface area contributed by atoms with Gasteiger partial charge in [0.2, 0.25) is 0 Å². The fourth-order valence-corrected chi connectivity index (χ4v) is 4.89. The number of hydrogen-bond acceptors (Lipinski definition) is 3. The molecule has 0 unspecified atom stereocenters. The van der Waals surface area contributed by atoms with Crippen LogP contribution in [0.4, 0.5) is 4.79 Å². The monoisotopic (exact) mass is 390 g/mol. The predicted octanol–water partition coefficient (Wildman–Crippen LogP) is 4.49. The Morgan fingerprint density at radius 1 is 1.22 bits per heavy atom. The minimum Gasteiger partial charge on any atom is -0.486 e. The van der Waals surface area contributed by atoms with E-state index in [9.17, 15) is 9.59 Å². The second-order valence-electron chi connectivity index (χ2n) is 8.26. The number of carbonyl (C=O) groups is 2. The lowest BCUT2D eigenvalue weighted by Crippen LogP contribution is -2.55. The maximum absolute atomic E-state index is 12.7. The highest BCUT2D eigenvalue weighted by Crippen LogP contribution is 2.42. The fourth-order valence-electron chi connectivity index (χ4n) is 4.62. The molecule has 0 bridgehead atoms. The molecule has 1 saturated carbocycles. The van der Waals surface area contributed by atoms with Gasteiger partial charge >= 0.3 is 6.03 Å². The number of rotatable bonds is 1. The van der Waals surface area contributed by atoms with Gasteiger partial charge in [-0.25, -0.2) is 4.79 Å². The van der Waals surface area contributed by atoms with E-state index in [1.807, 2.05) is 17.9 Å². The number of fused-ring (bicyclic) bond motifs is 1. The van der Waals surface area contributed by atoms with Crippen LogP contribution in [-0.4, -0.2) is 41.4 Å². The van der Waals surface area contributed by atoms with Crippen LogP contribution < -0.4 is 10.1 Å². The van der Waals surface area contributed by atoms with Crippen LogP contribution >= 0.6 is 11.6 Å². The molecule has 5 nitrogen and oxygen atoms in total. The van der Waals surface area contributed by atoms with Gasteiger partial charge in [-0.1, -0.05) is 30.9 Å². The molecule has 1 N–H and O–H groups in total. The highest BCUT2D eigenvalue weighted by molar-refractivity contribution is 6.31. The second kappa shape index (κ2) is 7.34. The van der Waals surface area contributed by atoms with Gasteiger partial charge < -0.3 is 15.0 Å². The third-order valence-corrected chi connectivity index (χ3v) is 6.45. The van der Waals surface area contributed by atoms with Crippen LogP contribution in [0.2, 0.25) is 5.02 Å². The first-order valence-corrected chi connectivity index (χ1v) is 10.4. The van der Waals surface area contributed by atoms with E-state index in [-0.39, 0.29) is 11.8 Å². The third kappa shape index (κ3) is 3.79. The van der Waals surface area contributed by atoms with Crippen LogP contribution in [0.5, 0.6) is 5.75 Å². The molecule has 27 heavy (non-hydrogen) atoms. The van der Waals surface area contributed by atoms with Crippen molar-refractivity contribution in [1.82, 2.24) is 10.2 Å². The lowest BCUT2D eigenvalue weighted by atomic mass is 9.82. The molecule has 146 valence electrons. The van der Waals surface area contributed by atoms with Crippen molar-refractivity contribution in [1.29, 1.82) is 0 Å². The molecule has 0 radical (unpaired) electrons. The third-order valence-electron chi connectivity index (χ3n) is 6.24. The van der Waals surface area contributed by atoms with Crippen molar-refractivity contribution in [2.45, 2.75) is 69.9 Å². The number of nitrogens with one attached hydrogen (secondary N) is 1. The van der Waals surface area contributed by atoms with Crippen molar-refractivity contribution in [3.63, 3.8) is 0 Å². The molecule has 1 spiro atoms. The van der Waals surface area contributed by atoms with Gasteiger partial charge in [0, 0.05) is 37.0 Å². The minimum atomic E-state index is -0.496. The molecule has 2 heterocycles. The number of ketones is 1. The summed E-state index contributed by atoms with van der Waals surface area (Å²) in [5, 5.41) is 3.75. The molecule has 6 heteroatoms. The van der Waals surface area contributed by atoms with E-state index in [2.05, 4.69) is 5.32 Å². The predicted molar refractivity (Wildman–Crippen MR) is 105 cm³/mol. The van der Waals surface area contributed by atoms with Crippen molar-refractivity contribution in [2.24, 2.45) is 0 Å². The van der Waals surface area contributed by atoms with Crippen molar-refractivity contribution >= 4 is 23.4 Å². The molecule has 3 aliphatic rings. The molecule has 1 saturated heterocycles. The average molecular weight is 391 g/mol. The number of likely N-dealkylation sites (tertiary alicyclic amines) is 1. The first-order chi connectivity index (χ1) is 13.0. The fraction of sp³-hybridized carbons (Fsp3) is 0.619. The first kappa shape index (κ1) is 18.6. The summed E-state index contributed by atoms with van der Waals surface area (Å²) in [6.07, 6.45) is 7.56. The number of ether oxygens (including phenoxy) is 1. The molecule has 2 aliphatic heterocycles. The van der Waals surface area contributed by atoms with E-state index in [1.165, 1.54) is 19.3 Å². The number of hydrogen-bond donors (Lipinski definition) is 1. The van der Waals surface area contributed by atoms with Crippen molar-refractivity contribution in [3.05, 3.63) is 28.3 Å². The zero-order valence-electron chi connectivity index (χ0n) is 15.9. The van der Waals surface area contributed by atoms with Crippen LogP contribution in [0.3, 0.4) is 0 Å². The zero-order chi connectivity index (χ0) is 19.0. The van der Waals surface area contributed by atoms with Crippen LogP contribution in [0.25, 0.3) is 0 Å². The SMILES string of the molecule is Cc1cc(Cl)cc2c1OC1(CCN(C(=O)NC3CCCCC3)CC1)CC2=O. The van der Waals surface area contributed by atoms with Gasteiger partial charge in [0.05, 0.1) is 12.0 Å². The normalized spacial score (nSPS) is 22.3. The Morgan fingerprint density at radius 2 is 1.93 bits per heavy atom. The molecular formula is C21H27ClN2O3. The van der Waals surface area contributed by atoms with Crippen molar-refractivity contribution < 1.29 is 14.3 Å². The number of halogens is 1. The van der Waals surface area contributed by atoms with E-state index in [0.717, 1.165) is 18.4 Å². The smallest absolute Gasteiger partial charge is 0.317 e. The number of benzene rings is 1. The summed E-state index contributed by atoms with van der Waals surface area (Å²) in [5.41, 5.74) is 0.982. The Balaban J connectivity index is 1.41. The summed E-state index contributed by atoms with van der Waals surface area (Å²) < 4.78 is 6.36. The summed E-state index contributed by atoms with van der Waals surface area (Å²) >= 11 is 6.10. The highest BCUT2D eigenvalue weighted by Gasteiger charge is 2.44. The lowest BCUT2D eigenvalue weighted by Gasteiger charge is -2.44. The minimum absolute atomic E-state index is 0.0299. The largest absolute Gasteiger partial charge is 0.486 e. The van der Waals surface area contributed by atoms with Crippen molar-refractivity contribution in [3.8, 4) is 5.75 Å². The number of urea groups is 1. The van der Waals surface area contributed by atoms with Gasteiger partial charge in [0.25, 0.3) is 0 Å². The van der Waals surface area contributed by atoms with Crippen LogP contribution in [-0.2, 0) is 0 Å². The van der Waals surface area contributed by atoms with E-state index in [0.29, 0.717) is 54.7 Å². The van der Waals surface area contributed by atoms with E-state index >= 15 is 0 Å². The van der Waals surface area contributed by atoms with Gasteiger partial charge in [0.15, 0.2) is 5.78 Å². The molecule has 1 aromatic carbocycles. The van der Waals surface area contributed by atoms with Crippen LogP contribution in [0, 0.1) is 6.92 Å². The quantitative estimate of drug-likeness (QED) is 0.768. The topological polar surface area (TPSA) is 58.6 Å². The highest BCUT2D eigenvalue weighted by atomic mass is 35.5. The standard InChI is InChI=1S/C21H27ClN2O3/c1-14-11-15(22)12-17-18(25)13-21(27-19(14)17)7-9-24(10-8-21)20(26)23-16-5-3-2-4-6-16/h11-12,16H,2-10,13H2,1H3,(H,23,26). The zero-order valence-corrected chi connectivity index (χ0v) is 16.6. The number of nitrogens with zero attached hydrogens (tertiary/aromatic N) is 1. The summed E-state index contributed by atoms with van der Waals surface area (Å²) in [6.45, 7) is 3.16. The number of aryl methyl sites for hydroxylation is 1. The number of piperidine rings is 1. The Morgan fingerprint density at radius 3 is 2.63 bits per heavy atom. The Labute approximate surface area is 165 Å². The maximum Gasteiger partial charge on any atom is 0.317 e. The molecule has 1 aromatic rings. The molecule has 0 atom stereocenters. The van der Waals surface area contributed by atoms with E-state index in [4.69, 9.17) is 16.3 Å². The molecule has 2 amide bonds. The van der Waals surface area contributed by atoms with E-state index in [1.54, 1.807) is 6.07 Å². The summed E-state index contributed by atoms with van der Waals surface area (Å²) in [5.74, 6) is 0.748. The number of amides is 2.